The largest absolute Gasteiger partial charge is 0.461 e. The Hall–Kier alpha value is -2.24. The maximum atomic E-state index is 12.3. The molecule has 0 aliphatic heterocycles. The van der Waals surface area contributed by atoms with Crippen LogP contribution in [0.1, 0.15) is 16.9 Å². The quantitative estimate of drug-likeness (QED) is 0.520. The van der Waals surface area contributed by atoms with Crippen LogP contribution in [0.2, 0.25) is 10.0 Å². The lowest BCUT2D eigenvalue weighted by atomic mass is 10.1. The number of benzene rings is 1. The minimum Gasteiger partial charge on any atom is -0.461 e. The first-order valence-electron chi connectivity index (χ1n) is 7.41. The molecule has 3 aromatic rings. The van der Waals surface area contributed by atoms with Crippen molar-refractivity contribution >= 4 is 29.2 Å². The number of aryl methyl sites for hydroxylation is 1. The fraction of sp³-hybridized carbons (Fsp3) is 0.176. The number of nitrogens with one attached hydrogen (secondary N) is 1. The zero-order chi connectivity index (χ0) is 16.9. The zero-order valence-corrected chi connectivity index (χ0v) is 14.2. The van der Waals surface area contributed by atoms with Gasteiger partial charge in [-0.15, -0.1) is 0 Å². The number of esters is 1. The number of carbonyl (C=O) groups excluding carboxylic acids is 1. The van der Waals surface area contributed by atoms with Gasteiger partial charge in [-0.3, -0.25) is 0 Å². The molecule has 0 fully saturated rings. The van der Waals surface area contributed by atoms with E-state index >= 15 is 0 Å². The number of aromatic amines is 1. The molecule has 7 heteroatoms. The average Bonchev–Trinajstić information content (AvgIpc) is 3.23. The van der Waals surface area contributed by atoms with Gasteiger partial charge in [0, 0.05) is 46.3 Å². The first-order chi connectivity index (χ1) is 11.7. The predicted octanol–water partition coefficient (Wildman–Crippen LogP) is 4.43. The Kier molecular flexibility index (Phi) is 5.23. The summed E-state index contributed by atoms with van der Waals surface area (Å²) < 4.78 is 7.26. The summed E-state index contributed by atoms with van der Waals surface area (Å²) >= 11 is 12.4. The third-order valence-corrected chi connectivity index (χ3v) is 4.17. The fourth-order valence-corrected chi connectivity index (χ4v) is 3.01. The molecule has 0 amide bonds. The van der Waals surface area contributed by atoms with Crippen molar-refractivity contribution in [1.82, 2.24) is 14.5 Å². The summed E-state index contributed by atoms with van der Waals surface area (Å²) in [7, 11) is 0. The van der Waals surface area contributed by atoms with Gasteiger partial charge in [-0.25, -0.2) is 9.78 Å². The molecule has 24 heavy (non-hydrogen) atoms. The summed E-state index contributed by atoms with van der Waals surface area (Å²) in [6.07, 6.45) is 7.67. The molecule has 5 nitrogen and oxygen atoms in total. The Bertz CT molecular complexity index is 808. The smallest absolute Gasteiger partial charge is 0.355 e. The molecule has 1 N–H and O–H groups in total. The molecule has 0 aliphatic rings. The Morgan fingerprint density at radius 2 is 2.04 bits per heavy atom. The third-order valence-electron chi connectivity index (χ3n) is 3.54. The van der Waals surface area contributed by atoms with Crippen molar-refractivity contribution in [3.8, 4) is 11.1 Å². The van der Waals surface area contributed by atoms with Crippen molar-refractivity contribution in [1.29, 1.82) is 0 Å². The van der Waals surface area contributed by atoms with Gasteiger partial charge in [0.25, 0.3) is 0 Å². The summed E-state index contributed by atoms with van der Waals surface area (Å²) in [5.41, 5.74) is 1.59. The first kappa shape index (κ1) is 16.6. The SMILES string of the molecule is O=C(OCCCn1ccnc1)c1[nH]ccc1-c1c(Cl)cccc1Cl. The van der Waals surface area contributed by atoms with E-state index in [0.29, 0.717) is 39.9 Å². The van der Waals surface area contributed by atoms with E-state index in [0.717, 1.165) is 6.54 Å². The van der Waals surface area contributed by atoms with Crippen molar-refractivity contribution in [3.05, 3.63) is 64.9 Å². The number of hydrogen-bond donors (Lipinski definition) is 1. The fourth-order valence-electron chi connectivity index (χ4n) is 2.40. The van der Waals surface area contributed by atoms with Crippen molar-refractivity contribution in [2.45, 2.75) is 13.0 Å². The van der Waals surface area contributed by atoms with Crippen LogP contribution in [0, 0.1) is 0 Å². The lowest BCUT2D eigenvalue weighted by Crippen LogP contribution is -2.10. The van der Waals surface area contributed by atoms with E-state index in [2.05, 4.69) is 9.97 Å². The van der Waals surface area contributed by atoms with E-state index in [-0.39, 0.29) is 0 Å². The maximum Gasteiger partial charge on any atom is 0.355 e. The van der Waals surface area contributed by atoms with Gasteiger partial charge in [-0.05, 0) is 24.6 Å². The molecule has 0 radical (unpaired) electrons. The molecule has 0 saturated heterocycles. The maximum absolute atomic E-state index is 12.3. The van der Waals surface area contributed by atoms with Crippen molar-refractivity contribution in [3.63, 3.8) is 0 Å². The minimum absolute atomic E-state index is 0.311. The first-order valence-corrected chi connectivity index (χ1v) is 8.17. The number of carbonyl (C=O) groups is 1. The second-order valence-corrected chi connectivity index (χ2v) is 5.97. The normalized spacial score (nSPS) is 10.8. The molecule has 0 bridgehead atoms. The third kappa shape index (κ3) is 3.63. The monoisotopic (exact) mass is 363 g/mol. The Labute approximate surface area is 149 Å². The van der Waals surface area contributed by atoms with Gasteiger partial charge in [0.1, 0.15) is 5.69 Å². The molecule has 1 aromatic carbocycles. The molecule has 3 rings (SSSR count). The Morgan fingerprint density at radius 3 is 2.75 bits per heavy atom. The van der Waals surface area contributed by atoms with E-state index < -0.39 is 5.97 Å². The highest BCUT2D eigenvalue weighted by atomic mass is 35.5. The molecule has 0 spiro atoms. The van der Waals surface area contributed by atoms with Crippen LogP contribution in [0.25, 0.3) is 11.1 Å². The van der Waals surface area contributed by atoms with Gasteiger partial charge in [0.2, 0.25) is 0 Å². The predicted molar refractivity (Wildman–Crippen MR) is 93.4 cm³/mol. The number of imidazole rings is 1. The highest BCUT2D eigenvalue weighted by Gasteiger charge is 2.19. The van der Waals surface area contributed by atoms with Gasteiger partial charge in [0.05, 0.1) is 12.9 Å². The second-order valence-electron chi connectivity index (χ2n) is 5.15. The van der Waals surface area contributed by atoms with Crippen LogP contribution in [-0.4, -0.2) is 27.1 Å². The van der Waals surface area contributed by atoms with Gasteiger partial charge in [-0.1, -0.05) is 29.3 Å². The highest BCUT2D eigenvalue weighted by Crippen LogP contribution is 2.36. The standard InChI is InChI=1S/C17H15Cl2N3O2/c18-13-3-1-4-14(19)15(13)12-5-6-21-16(12)17(23)24-10-2-8-22-9-7-20-11-22/h1,3-7,9,11,21H,2,8,10H2. The van der Waals surface area contributed by atoms with Crippen LogP contribution in [0.4, 0.5) is 0 Å². The van der Waals surface area contributed by atoms with E-state index in [4.69, 9.17) is 27.9 Å². The number of ether oxygens (including phenoxy) is 1. The Balaban J connectivity index is 1.67. The molecule has 0 aliphatic carbocycles. The summed E-state index contributed by atoms with van der Waals surface area (Å²) in [5, 5.41) is 0.965. The molecule has 0 unspecified atom stereocenters. The van der Waals surface area contributed by atoms with Gasteiger partial charge in [0.15, 0.2) is 0 Å². The van der Waals surface area contributed by atoms with Crippen molar-refractivity contribution in [2.75, 3.05) is 6.61 Å². The lowest BCUT2D eigenvalue weighted by Gasteiger charge is -2.09. The van der Waals surface area contributed by atoms with E-state index in [1.165, 1.54) is 0 Å². The Morgan fingerprint density at radius 1 is 1.25 bits per heavy atom. The lowest BCUT2D eigenvalue weighted by molar-refractivity contribution is 0.0491. The van der Waals surface area contributed by atoms with E-state index in [1.54, 1.807) is 43.0 Å². The number of halogens is 2. The molecular weight excluding hydrogens is 349 g/mol. The summed E-state index contributed by atoms with van der Waals surface area (Å²) in [5.74, 6) is -0.434. The summed E-state index contributed by atoms with van der Waals surface area (Å²) in [6, 6.07) is 6.98. The second kappa shape index (κ2) is 7.55. The van der Waals surface area contributed by atoms with Crippen LogP contribution < -0.4 is 0 Å². The van der Waals surface area contributed by atoms with Crippen LogP contribution in [-0.2, 0) is 11.3 Å². The average molecular weight is 364 g/mol. The summed E-state index contributed by atoms with van der Waals surface area (Å²) in [4.78, 5) is 19.2. The molecule has 2 heterocycles. The van der Waals surface area contributed by atoms with E-state index in [9.17, 15) is 4.79 Å². The van der Waals surface area contributed by atoms with Crippen LogP contribution >= 0.6 is 23.2 Å². The zero-order valence-electron chi connectivity index (χ0n) is 12.7. The van der Waals surface area contributed by atoms with Crippen LogP contribution in [0.3, 0.4) is 0 Å². The molecule has 0 atom stereocenters. The van der Waals surface area contributed by atoms with Crippen molar-refractivity contribution in [2.24, 2.45) is 0 Å². The van der Waals surface area contributed by atoms with Gasteiger partial charge in [-0.2, -0.15) is 0 Å². The van der Waals surface area contributed by atoms with Gasteiger partial charge < -0.3 is 14.3 Å². The topological polar surface area (TPSA) is 59.9 Å². The van der Waals surface area contributed by atoms with Crippen LogP contribution in [0.15, 0.2) is 49.2 Å². The molecule has 124 valence electrons. The molecule has 0 saturated carbocycles. The highest BCUT2D eigenvalue weighted by molar-refractivity contribution is 6.39. The van der Waals surface area contributed by atoms with Gasteiger partial charge >= 0.3 is 5.97 Å². The number of hydrogen-bond acceptors (Lipinski definition) is 3. The summed E-state index contributed by atoms with van der Waals surface area (Å²) in [6.45, 7) is 1.05. The number of rotatable bonds is 6. The van der Waals surface area contributed by atoms with Crippen LogP contribution in [0.5, 0.6) is 0 Å². The minimum atomic E-state index is -0.434. The number of aromatic nitrogens is 3. The molecule has 2 aromatic heterocycles. The number of nitrogens with zero attached hydrogens (tertiary/aromatic N) is 2. The number of H-pyrrole nitrogens is 1. The van der Waals surface area contributed by atoms with Crippen molar-refractivity contribution < 1.29 is 9.53 Å². The van der Waals surface area contributed by atoms with E-state index in [1.807, 2.05) is 10.8 Å². The molecular formula is C17H15Cl2N3O2.